The van der Waals surface area contributed by atoms with Crippen LogP contribution in [0, 0.1) is 35.5 Å². The second-order valence-electron chi connectivity index (χ2n) is 7.36. The van der Waals surface area contributed by atoms with Gasteiger partial charge in [0.25, 0.3) is 0 Å². The van der Waals surface area contributed by atoms with Crippen LogP contribution in [0.25, 0.3) is 0 Å². The van der Waals surface area contributed by atoms with Crippen LogP contribution in [0.2, 0.25) is 0 Å². The Kier molecular flexibility index (Phi) is 7.30. The van der Waals surface area contributed by atoms with Gasteiger partial charge in [0.05, 0.1) is 0 Å². The number of hydrogen-bond donors (Lipinski definition) is 1. The molecule has 0 spiro atoms. The van der Waals surface area contributed by atoms with Gasteiger partial charge in [-0.3, -0.25) is 4.79 Å². The molecule has 2 heteroatoms. The molecule has 2 aliphatic carbocycles. The van der Waals surface area contributed by atoms with Crippen LogP contribution in [0.4, 0.5) is 0 Å². The van der Waals surface area contributed by atoms with Crippen molar-refractivity contribution in [3.8, 4) is 11.8 Å². The summed E-state index contributed by atoms with van der Waals surface area (Å²) in [7, 11) is 0. The fourth-order valence-electron chi connectivity index (χ4n) is 4.75. The Bertz CT molecular complexity index is 398. The third kappa shape index (κ3) is 5.34. The SMILES string of the molecule is CC#C[C@H]1CCC[C@@H]1CCC(CCCC(=O)O)C1CCCC1. The molecule has 2 aliphatic rings. The summed E-state index contributed by atoms with van der Waals surface area (Å²) < 4.78 is 0. The average molecular weight is 304 g/mol. The molecule has 0 aliphatic heterocycles. The van der Waals surface area contributed by atoms with Crippen LogP contribution in [-0.2, 0) is 4.79 Å². The Hall–Kier alpha value is -0.970. The van der Waals surface area contributed by atoms with Gasteiger partial charge in [-0.25, -0.2) is 0 Å². The van der Waals surface area contributed by atoms with Gasteiger partial charge in [0, 0.05) is 12.3 Å². The average Bonchev–Trinajstić information content (AvgIpc) is 3.14. The highest BCUT2D eigenvalue weighted by Gasteiger charge is 2.29. The second-order valence-corrected chi connectivity index (χ2v) is 7.36. The number of hydrogen-bond acceptors (Lipinski definition) is 1. The molecule has 1 unspecified atom stereocenters. The first-order chi connectivity index (χ1) is 10.7. The Morgan fingerprint density at radius 1 is 1.14 bits per heavy atom. The maximum atomic E-state index is 10.8. The molecular formula is C20H32O2. The quantitative estimate of drug-likeness (QED) is 0.620. The van der Waals surface area contributed by atoms with Crippen molar-refractivity contribution in [2.24, 2.45) is 23.7 Å². The Morgan fingerprint density at radius 3 is 2.59 bits per heavy atom. The van der Waals surface area contributed by atoms with E-state index in [9.17, 15) is 4.79 Å². The van der Waals surface area contributed by atoms with Crippen molar-refractivity contribution in [3.05, 3.63) is 0 Å². The topological polar surface area (TPSA) is 37.3 Å². The number of carboxylic acid groups (broad SMARTS) is 1. The first-order valence-corrected chi connectivity index (χ1v) is 9.34. The largest absolute Gasteiger partial charge is 0.481 e. The molecule has 0 aromatic heterocycles. The third-order valence-corrected chi connectivity index (χ3v) is 5.93. The summed E-state index contributed by atoms with van der Waals surface area (Å²) in [6.45, 7) is 1.96. The summed E-state index contributed by atoms with van der Waals surface area (Å²) in [4.78, 5) is 10.8. The first kappa shape index (κ1) is 17.4. The molecule has 3 atom stereocenters. The predicted molar refractivity (Wildman–Crippen MR) is 90.4 cm³/mol. The summed E-state index contributed by atoms with van der Waals surface area (Å²) >= 11 is 0. The monoisotopic (exact) mass is 304 g/mol. The maximum Gasteiger partial charge on any atom is 0.303 e. The first-order valence-electron chi connectivity index (χ1n) is 9.34. The number of carbonyl (C=O) groups is 1. The lowest BCUT2D eigenvalue weighted by Crippen LogP contribution is -2.15. The van der Waals surface area contributed by atoms with Crippen LogP contribution < -0.4 is 0 Å². The van der Waals surface area contributed by atoms with Gasteiger partial charge in [0.2, 0.25) is 0 Å². The lowest BCUT2D eigenvalue weighted by molar-refractivity contribution is -0.137. The lowest BCUT2D eigenvalue weighted by atomic mass is 9.80. The fraction of sp³-hybridized carbons (Fsp3) is 0.850. The van der Waals surface area contributed by atoms with Crippen molar-refractivity contribution in [1.29, 1.82) is 0 Å². The number of aliphatic carboxylic acids is 1. The van der Waals surface area contributed by atoms with Gasteiger partial charge in [-0.2, -0.15) is 0 Å². The molecule has 0 aromatic carbocycles. The molecule has 0 saturated heterocycles. The molecule has 0 heterocycles. The Balaban J connectivity index is 1.82. The zero-order valence-electron chi connectivity index (χ0n) is 14.2. The molecule has 0 amide bonds. The second kappa shape index (κ2) is 9.23. The molecular weight excluding hydrogens is 272 g/mol. The molecule has 124 valence electrons. The third-order valence-electron chi connectivity index (χ3n) is 5.93. The van der Waals surface area contributed by atoms with E-state index in [4.69, 9.17) is 5.11 Å². The van der Waals surface area contributed by atoms with Crippen LogP contribution in [0.15, 0.2) is 0 Å². The highest BCUT2D eigenvalue weighted by Crippen LogP contribution is 2.40. The summed E-state index contributed by atoms with van der Waals surface area (Å²) in [5.74, 6) is 8.96. The van der Waals surface area contributed by atoms with Crippen LogP contribution in [-0.4, -0.2) is 11.1 Å². The molecule has 0 radical (unpaired) electrons. The van der Waals surface area contributed by atoms with Gasteiger partial charge in [-0.15, -0.1) is 5.92 Å². The highest BCUT2D eigenvalue weighted by molar-refractivity contribution is 5.66. The van der Waals surface area contributed by atoms with Gasteiger partial charge >= 0.3 is 5.97 Å². The van der Waals surface area contributed by atoms with E-state index in [1.807, 2.05) is 6.92 Å². The van der Waals surface area contributed by atoms with Crippen molar-refractivity contribution in [2.75, 3.05) is 0 Å². The minimum Gasteiger partial charge on any atom is -0.481 e. The molecule has 2 saturated carbocycles. The van der Waals surface area contributed by atoms with Crippen LogP contribution in [0.1, 0.15) is 84.0 Å². The summed E-state index contributed by atoms with van der Waals surface area (Å²) in [5.41, 5.74) is 0. The van der Waals surface area contributed by atoms with Crippen LogP contribution in [0.3, 0.4) is 0 Å². The van der Waals surface area contributed by atoms with Crippen LogP contribution in [0.5, 0.6) is 0 Å². The number of rotatable bonds is 8. The van der Waals surface area contributed by atoms with E-state index < -0.39 is 5.97 Å². The Morgan fingerprint density at radius 2 is 1.91 bits per heavy atom. The zero-order chi connectivity index (χ0) is 15.8. The van der Waals surface area contributed by atoms with E-state index in [0.29, 0.717) is 12.3 Å². The minimum absolute atomic E-state index is 0.344. The molecule has 2 nitrogen and oxygen atoms in total. The fourth-order valence-corrected chi connectivity index (χ4v) is 4.75. The molecule has 0 aromatic rings. The summed E-state index contributed by atoms with van der Waals surface area (Å²) in [5, 5.41) is 8.87. The van der Waals surface area contributed by atoms with Gasteiger partial charge in [0.15, 0.2) is 0 Å². The Labute approximate surface area is 136 Å². The van der Waals surface area contributed by atoms with E-state index in [-0.39, 0.29) is 0 Å². The standard InChI is InChI=1S/C20H32O2/c1-2-7-16-10-5-11-18(16)14-15-19(12-6-13-20(21)22)17-8-3-4-9-17/h16-19H,3-6,8-15H2,1H3,(H,21,22)/t16-,18+,19?/m0/s1. The van der Waals surface area contributed by atoms with Gasteiger partial charge < -0.3 is 5.11 Å². The van der Waals surface area contributed by atoms with Crippen molar-refractivity contribution >= 4 is 5.97 Å². The van der Waals surface area contributed by atoms with Crippen molar-refractivity contribution < 1.29 is 9.90 Å². The van der Waals surface area contributed by atoms with Crippen molar-refractivity contribution in [1.82, 2.24) is 0 Å². The summed E-state index contributed by atoms with van der Waals surface area (Å²) in [6, 6.07) is 0. The van der Waals surface area contributed by atoms with Crippen molar-refractivity contribution in [2.45, 2.75) is 84.0 Å². The van der Waals surface area contributed by atoms with E-state index in [2.05, 4.69) is 11.8 Å². The minimum atomic E-state index is -0.640. The lowest BCUT2D eigenvalue weighted by Gasteiger charge is -2.25. The molecule has 0 bridgehead atoms. The number of carboxylic acids is 1. The van der Waals surface area contributed by atoms with Gasteiger partial charge in [-0.1, -0.05) is 38.0 Å². The molecule has 2 fully saturated rings. The van der Waals surface area contributed by atoms with E-state index >= 15 is 0 Å². The maximum absolute atomic E-state index is 10.8. The smallest absolute Gasteiger partial charge is 0.303 e. The van der Waals surface area contributed by atoms with Gasteiger partial charge in [0.1, 0.15) is 0 Å². The van der Waals surface area contributed by atoms with E-state index in [0.717, 1.165) is 30.6 Å². The molecule has 2 rings (SSSR count). The van der Waals surface area contributed by atoms with Crippen LogP contribution >= 0.6 is 0 Å². The van der Waals surface area contributed by atoms with E-state index in [1.165, 1.54) is 57.8 Å². The molecule has 1 N–H and O–H groups in total. The zero-order valence-corrected chi connectivity index (χ0v) is 14.2. The van der Waals surface area contributed by atoms with Crippen molar-refractivity contribution in [3.63, 3.8) is 0 Å². The van der Waals surface area contributed by atoms with E-state index in [1.54, 1.807) is 0 Å². The molecule has 22 heavy (non-hydrogen) atoms. The summed E-state index contributed by atoms with van der Waals surface area (Å²) in [6.07, 6.45) is 14.4. The van der Waals surface area contributed by atoms with Gasteiger partial charge in [-0.05, 0) is 63.2 Å². The highest BCUT2D eigenvalue weighted by atomic mass is 16.4. The predicted octanol–water partition coefficient (Wildman–Crippen LogP) is 5.27. The normalized spacial score (nSPS) is 26.6.